The molecule has 1 atom stereocenters. The van der Waals surface area contributed by atoms with E-state index in [4.69, 9.17) is 11.6 Å². The molecule has 1 aromatic heterocycles. The van der Waals surface area contributed by atoms with Gasteiger partial charge in [-0.2, -0.15) is 0 Å². The van der Waals surface area contributed by atoms with Crippen LogP contribution in [0.5, 0.6) is 0 Å². The summed E-state index contributed by atoms with van der Waals surface area (Å²) in [6.45, 7) is 2.59. The van der Waals surface area contributed by atoms with Gasteiger partial charge in [-0.05, 0) is 18.6 Å². The molecule has 1 aromatic rings. The Bertz CT molecular complexity index is 394. The van der Waals surface area contributed by atoms with E-state index >= 15 is 0 Å². The third kappa shape index (κ3) is 2.04. The van der Waals surface area contributed by atoms with Crippen LogP contribution in [0.25, 0.3) is 0 Å². The Kier molecular flexibility index (Phi) is 2.77. The molecule has 2 heterocycles. The van der Waals surface area contributed by atoms with Crippen molar-refractivity contribution < 1.29 is 4.79 Å². The molecule has 1 aliphatic heterocycles. The van der Waals surface area contributed by atoms with Gasteiger partial charge in [0.2, 0.25) is 5.91 Å². The molecule has 1 amide bonds. The van der Waals surface area contributed by atoms with Gasteiger partial charge >= 0.3 is 0 Å². The molecular formula is C10H12ClN3O. The van der Waals surface area contributed by atoms with Crippen LogP contribution in [0.3, 0.4) is 0 Å². The van der Waals surface area contributed by atoms with Gasteiger partial charge in [-0.25, -0.2) is 4.98 Å². The molecule has 0 radical (unpaired) electrons. The molecule has 0 saturated heterocycles. The second-order valence-electron chi connectivity index (χ2n) is 3.51. The quantitative estimate of drug-likeness (QED) is 0.720. The van der Waals surface area contributed by atoms with Crippen molar-refractivity contribution in [1.29, 1.82) is 0 Å². The number of nitrogens with one attached hydrogen (secondary N) is 2. The third-order valence-corrected chi connectivity index (χ3v) is 2.71. The maximum atomic E-state index is 11.7. The summed E-state index contributed by atoms with van der Waals surface area (Å²) in [7, 11) is 0. The Labute approximate surface area is 93.0 Å². The summed E-state index contributed by atoms with van der Waals surface area (Å²) in [5.41, 5.74) is 0.695. The summed E-state index contributed by atoms with van der Waals surface area (Å²) in [6, 6.07) is 3.42. The number of amides is 1. The van der Waals surface area contributed by atoms with E-state index in [1.165, 1.54) is 0 Å². The minimum atomic E-state index is -0.0158. The van der Waals surface area contributed by atoms with Crippen LogP contribution in [-0.2, 0) is 4.79 Å². The first-order valence-corrected chi connectivity index (χ1v) is 5.29. The standard InChI is InChI=1S/C10H12ClN3O/c1-2-6-5-12-9-7(13-10(6)15)3-4-8(11)14-9/h3-4,6H,2,5H2,1H3,(H,12,14)(H,13,15). The van der Waals surface area contributed by atoms with Crippen LogP contribution in [0.1, 0.15) is 13.3 Å². The van der Waals surface area contributed by atoms with E-state index in [9.17, 15) is 4.79 Å². The molecule has 80 valence electrons. The summed E-state index contributed by atoms with van der Waals surface area (Å²) in [4.78, 5) is 15.8. The highest BCUT2D eigenvalue weighted by molar-refractivity contribution is 6.29. The number of nitrogens with zero attached hydrogens (tertiary/aromatic N) is 1. The van der Waals surface area contributed by atoms with Gasteiger partial charge < -0.3 is 10.6 Å². The molecule has 4 nitrogen and oxygen atoms in total. The molecule has 15 heavy (non-hydrogen) atoms. The Balaban J connectivity index is 2.31. The number of halogens is 1. The monoisotopic (exact) mass is 225 g/mol. The molecule has 0 bridgehead atoms. The van der Waals surface area contributed by atoms with Crippen LogP contribution in [0.4, 0.5) is 11.5 Å². The molecular weight excluding hydrogens is 214 g/mol. The second-order valence-corrected chi connectivity index (χ2v) is 3.89. The zero-order valence-electron chi connectivity index (χ0n) is 8.38. The normalized spacial score (nSPS) is 19.9. The van der Waals surface area contributed by atoms with Gasteiger partial charge in [0.15, 0.2) is 5.82 Å². The first-order valence-electron chi connectivity index (χ1n) is 4.92. The lowest BCUT2D eigenvalue weighted by Crippen LogP contribution is -2.24. The van der Waals surface area contributed by atoms with Crippen molar-refractivity contribution in [3.8, 4) is 0 Å². The van der Waals surface area contributed by atoms with Crippen molar-refractivity contribution >= 4 is 29.0 Å². The number of aromatic nitrogens is 1. The van der Waals surface area contributed by atoms with Crippen LogP contribution < -0.4 is 10.6 Å². The fourth-order valence-electron chi connectivity index (χ4n) is 1.55. The average Bonchev–Trinajstić information content (AvgIpc) is 2.36. The lowest BCUT2D eigenvalue weighted by Gasteiger charge is -2.08. The Hall–Kier alpha value is -1.29. The molecule has 2 N–H and O–H groups in total. The Morgan fingerprint density at radius 2 is 2.40 bits per heavy atom. The minimum absolute atomic E-state index is 0.0158. The van der Waals surface area contributed by atoms with Crippen molar-refractivity contribution in [2.24, 2.45) is 5.92 Å². The highest BCUT2D eigenvalue weighted by atomic mass is 35.5. The van der Waals surface area contributed by atoms with Crippen molar-refractivity contribution in [2.75, 3.05) is 17.2 Å². The van der Waals surface area contributed by atoms with Crippen LogP contribution in [0.15, 0.2) is 12.1 Å². The van der Waals surface area contributed by atoms with Crippen molar-refractivity contribution in [3.63, 3.8) is 0 Å². The van der Waals surface area contributed by atoms with Crippen LogP contribution in [0.2, 0.25) is 5.15 Å². The summed E-state index contributed by atoms with van der Waals surface area (Å²) < 4.78 is 0. The second kappa shape index (κ2) is 4.06. The molecule has 0 aromatic carbocycles. The smallest absolute Gasteiger partial charge is 0.229 e. The van der Waals surface area contributed by atoms with E-state index in [1.807, 2.05) is 6.92 Å². The lowest BCUT2D eigenvalue weighted by molar-refractivity contribution is -0.119. The van der Waals surface area contributed by atoms with Gasteiger partial charge in [-0.1, -0.05) is 18.5 Å². The predicted octanol–water partition coefficient (Wildman–Crippen LogP) is 2.13. The highest BCUT2D eigenvalue weighted by Gasteiger charge is 2.22. The molecule has 0 aliphatic carbocycles. The zero-order valence-corrected chi connectivity index (χ0v) is 9.14. The highest BCUT2D eigenvalue weighted by Crippen LogP contribution is 2.25. The largest absolute Gasteiger partial charge is 0.367 e. The fraction of sp³-hybridized carbons (Fsp3) is 0.400. The van der Waals surface area contributed by atoms with Crippen LogP contribution in [-0.4, -0.2) is 17.4 Å². The lowest BCUT2D eigenvalue weighted by atomic mass is 10.1. The third-order valence-electron chi connectivity index (χ3n) is 2.50. The van der Waals surface area contributed by atoms with E-state index < -0.39 is 0 Å². The summed E-state index contributed by atoms with van der Waals surface area (Å²) in [5, 5.41) is 6.37. The molecule has 0 spiro atoms. The topological polar surface area (TPSA) is 54.0 Å². The van der Waals surface area contributed by atoms with Gasteiger partial charge in [-0.15, -0.1) is 0 Å². The number of carbonyl (C=O) groups is 1. The van der Waals surface area contributed by atoms with Gasteiger partial charge in [0, 0.05) is 6.54 Å². The predicted molar refractivity (Wildman–Crippen MR) is 60.1 cm³/mol. The number of anilines is 2. The first-order chi connectivity index (χ1) is 7.20. The number of rotatable bonds is 1. The van der Waals surface area contributed by atoms with E-state index in [-0.39, 0.29) is 11.8 Å². The number of pyridine rings is 1. The molecule has 1 aliphatic rings. The van der Waals surface area contributed by atoms with E-state index in [0.29, 0.717) is 23.2 Å². The van der Waals surface area contributed by atoms with Crippen molar-refractivity contribution in [2.45, 2.75) is 13.3 Å². The Morgan fingerprint density at radius 1 is 1.60 bits per heavy atom. The Morgan fingerprint density at radius 3 is 3.13 bits per heavy atom. The zero-order chi connectivity index (χ0) is 10.8. The summed E-state index contributed by atoms with van der Waals surface area (Å²) in [6.07, 6.45) is 0.806. The van der Waals surface area contributed by atoms with Gasteiger partial charge in [0.25, 0.3) is 0 Å². The van der Waals surface area contributed by atoms with Crippen LogP contribution in [0, 0.1) is 5.92 Å². The van der Waals surface area contributed by atoms with E-state index in [1.54, 1.807) is 12.1 Å². The molecule has 5 heteroatoms. The SMILES string of the molecule is CCC1CNc2nc(Cl)ccc2NC1=O. The fourth-order valence-corrected chi connectivity index (χ4v) is 1.70. The van der Waals surface area contributed by atoms with Gasteiger partial charge in [0.1, 0.15) is 5.15 Å². The van der Waals surface area contributed by atoms with Crippen molar-refractivity contribution in [1.82, 2.24) is 4.98 Å². The van der Waals surface area contributed by atoms with Crippen molar-refractivity contribution in [3.05, 3.63) is 17.3 Å². The van der Waals surface area contributed by atoms with Gasteiger partial charge in [0.05, 0.1) is 11.6 Å². The maximum Gasteiger partial charge on any atom is 0.229 e. The molecule has 0 saturated carbocycles. The number of fused-ring (bicyclic) bond motifs is 1. The average molecular weight is 226 g/mol. The molecule has 0 fully saturated rings. The summed E-state index contributed by atoms with van der Waals surface area (Å²) >= 11 is 5.77. The van der Waals surface area contributed by atoms with Crippen LogP contribution >= 0.6 is 11.6 Å². The maximum absolute atomic E-state index is 11.7. The number of carbonyl (C=O) groups excluding carboxylic acids is 1. The van der Waals surface area contributed by atoms with E-state index in [0.717, 1.165) is 6.42 Å². The first kappa shape index (κ1) is 10.2. The molecule has 2 rings (SSSR count). The number of hydrogen-bond donors (Lipinski definition) is 2. The minimum Gasteiger partial charge on any atom is -0.367 e. The number of hydrogen-bond acceptors (Lipinski definition) is 3. The summed E-state index contributed by atoms with van der Waals surface area (Å²) in [5.74, 6) is 0.664. The van der Waals surface area contributed by atoms with E-state index in [2.05, 4.69) is 15.6 Å². The van der Waals surface area contributed by atoms with Gasteiger partial charge in [-0.3, -0.25) is 4.79 Å². The molecule has 1 unspecified atom stereocenters.